The topological polar surface area (TPSA) is 55.8 Å². The van der Waals surface area contributed by atoms with E-state index < -0.39 is 5.97 Å². The molecule has 0 heterocycles. The number of ether oxygens (including phenoxy) is 2. The van der Waals surface area contributed by atoms with Crippen LogP contribution in [-0.2, 0) is 4.79 Å². The molecule has 92 valence electrons. The van der Waals surface area contributed by atoms with Crippen LogP contribution in [0.3, 0.4) is 0 Å². The van der Waals surface area contributed by atoms with E-state index in [1.807, 2.05) is 24.3 Å². The number of hydrogen-bond donors (Lipinski definition) is 1. The molecule has 0 atom stereocenters. The van der Waals surface area contributed by atoms with Gasteiger partial charge in [0.1, 0.15) is 11.5 Å². The maximum Gasteiger partial charge on any atom is 0.306 e. The SMILES string of the molecule is COc1cccc(OCC2CC(C(=O)O)C2)c1. The summed E-state index contributed by atoms with van der Waals surface area (Å²) in [7, 11) is 1.61. The molecule has 0 bridgehead atoms. The van der Waals surface area contributed by atoms with Crippen LogP contribution < -0.4 is 9.47 Å². The monoisotopic (exact) mass is 236 g/mol. The molecule has 0 radical (unpaired) electrons. The van der Waals surface area contributed by atoms with Crippen molar-refractivity contribution in [1.82, 2.24) is 0 Å². The van der Waals surface area contributed by atoms with Gasteiger partial charge in [0.15, 0.2) is 0 Å². The minimum absolute atomic E-state index is 0.172. The van der Waals surface area contributed by atoms with Crippen LogP contribution in [0.1, 0.15) is 12.8 Å². The number of carboxylic acids is 1. The molecule has 0 aromatic heterocycles. The zero-order chi connectivity index (χ0) is 12.3. The molecule has 1 aliphatic rings. The van der Waals surface area contributed by atoms with Crippen molar-refractivity contribution in [3.8, 4) is 11.5 Å². The number of rotatable bonds is 5. The van der Waals surface area contributed by atoms with Crippen molar-refractivity contribution < 1.29 is 19.4 Å². The second kappa shape index (κ2) is 5.08. The molecule has 1 saturated carbocycles. The fourth-order valence-corrected chi connectivity index (χ4v) is 1.98. The summed E-state index contributed by atoms with van der Waals surface area (Å²) in [6.45, 7) is 0.580. The Bertz CT molecular complexity index is 396. The molecule has 1 aromatic rings. The third-order valence-corrected chi connectivity index (χ3v) is 3.11. The Balaban J connectivity index is 1.77. The summed E-state index contributed by atoms with van der Waals surface area (Å²) in [6.07, 6.45) is 1.44. The molecule has 17 heavy (non-hydrogen) atoms. The van der Waals surface area contributed by atoms with Gasteiger partial charge in [0.2, 0.25) is 0 Å². The number of hydrogen-bond acceptors (Lipinski definition) is 3. The Kier molecular flexibility index (Phi) is 3.52. The highest BCUT2D eigenvalue weighted by Crippen LogP contribution is 2.34. The summed E-state index contributed by atoms with van der Waals surface area (Å²) in [4.78, 5) is 10.6. The molecule has 1 aliphatic carbocycles. The van der Waals surface area contributed by atoms with Crippen LogP contribution in [0, 0.1) is 11.8 Å². The smallest absolute Gasteiger partial charge is 0.306 e. The average Bonchev–Trinajstić information content (AvgIpc) is 2.27. The van der Waals surface area contributed by atoms with Gasteiger partial charge in [-0.15, -0.1) is 0 Å². The highest BCUT2D eigenvalue weighted by Gasteiger charge is 2.34. The summed E-state index contributed by atoms with van der Waals surface area (Å²) in [6, 6.07) is 7.43. The van der Waals surface area contributed by atoms with E-state index >= 15 is 0 Å². The molecule has 0 spiro atoms. The number of methoxy groups -OCH3 is 1. The quantitative estimate of drug-likeness (QED) is 0.851. The Morgan fingerprint density at radius 2 is 2.12 bits per heavy atom. The Morgan fingerprint density at radius 1 is 1.41 bits per heavy atom. The zero-order valence-corrected chi connectivity index (χ0v) is 9.76. The fourth-order valence-electron chi connectivity index (χ4n) is 1.98. The molecule has 1 aromatic carbocycles. The summed E-state index contributed by atoms with van der Waals surface area (Å²) in [5.74, 6) is 1.03. The molecule has 0 unspecified atom stereocenters. The van der Waals surface area contributed by atoms with Gasteiger partial charge in [-0.1, -0.05) is 6.07 Å². The lowest BCUT2D eigenvalue weighted by atomic mass is 9.75. The molecule has 4 nitrogen and oxygen atoms in total. The predicted octanol–water partition coefficient (Wildman–Crippen LogP) is 2.18. The van der Waals surface area contributed by atoms with Gasteiger partial charge in [-0.05, 0) is 30.9 Å². The summed E-state index contributed by atoms with van der Waals surface area (Å²) < 4.78 is 10.7. The van der Waals surface area contributed by atoms with Crippen LogP contribution in [0.5, 0.6) is 11.5 Å². The van der Waals surface area contributed by atoms with Crippen LogP contribution in [0.25, 0.3) is 0 Å². The predicted molar refractivity (Wildman–Crippen MR) is 62.3 cm³/mol. The number of carboxylic acid groups (broad SMARTS) is 1. The molecule has 1 fully saturated rings. The van der Waals surface area contributed by atoms with Gasteiger partial charge in [0.05, 0.1) is 19.6 Å². The van der Waals surface area contributed by atoms with Gasteiger partial charge in [-0.25, -0.2) is 0 Å². The van der Waals surface area contributed by atoms with Gasteiger partial charge in [0, 0.05) is 6.07 Å². The Hall–Kier alpha value is -1.71. The molecular formula is C13H16O4. The number of aliphatic carboxylic acids is 1. The molecule has 0 saturated heterocycles. The average molecular weight is 236 g/mol. The van der Waals surface area contributed by atoms with E-state index in [0.717, 1.165) is 24.3 Å². The molecule has 4 heteroatoms. The van der Waals surface area contributed by atoms with Crippen molar-refractivity contribution >= 4 is 5.97 Å². The third kappa shape index (κ3) is 2.90. The highest BCUT2D eigenvalue weighted by atomic mass is 16.5. The molecule has 2 rings (SSSR count). The first-order chi connectivity index (χ1) is 8.19. The van der Waals surface area contributed by atoms with Crippen LogP contribution in [0.2, 0.25) is 0 Å². The molecule has 0 aliphatic heterocycles. The molecular weight excluding hydrogens is 220 g/mol. The second-order valence-electron chi connectivity index (χ2n) is 4.36. The minimum atomic E-state index is -0.692. The van der Waals surface area contributed by atoms with E-state index in [4.69, 9.17) is 14.6 Å². The van der Waals surface area contributed by atoms with E-state index in [1.54, 1.807) is 7.11 Å². The van der Waals surface area contributed by atoms with Crippen molar-refractivity contribution in [2.24, 2.45) is 11.8 Å². The van der Waals surface area contributed by atoms with E-state index in [-0.39, 0.29) is 5.92 Å². The highest BCUT2D eigenvalue weighted by molar-refractivity contribution is 5.71. The van der Waals surface area contributed by atoms with Crippen molar-refractivity contribution in [1.29, 1.82) is 0 Å². The summed E-state index contributed by atoms with van der Waals surface area (Å²) in [5, 5.41) is 8.75. The van der Waals surface area contributed by atoms with Gasteiger partial charge in [0.25, 0.3) is 0 Å². The van der Waals surface area contributed by atoms with E-state index in [9.17, 15) is 4.79 Å². The van der Waals surface area contributed by atoms with Gasteiger partial charge < -0.3 is 14.6 Å². The van der Waals surface area contributed by atoms with Crippen LogP contribution in [0.4, 0.5) is 0 Å². The van der Waals surface area contributed by atoms with Crippen LogP contribution >= 0.6 is 0 Å². The minimum Gasteiger partial charge on any atom is -0.497 e. The maximum atomic E-state index is 10.6. The van der Waals surface area contributed by atoms with Crippen molar-refractivity contribution in [2.45, 2.75) is 12.8 Å². The van der Waals surface area contributed by atoms with Crippen molar-refractivity contribution in [3.05, 3.63) is 24.3 Å². The van der Waals surface area contributed by atoms with Crippen LogP contribution in [-0.4, -0.2) is 24.8 Å². The third-order valence-electron chi connectivity index (χ3n) is 3.11. The zero-order valence-electron chi connectivity index (χ0n) is 9.76. The first-order valence-corrected chi connectivity index (χ1v) is 5.68. The number of carbonyl (C=O) groups is 1. The lowest BCUT2D eigenvalue weighted by molar-refractivity contribution is -0.146. The fraction of sp³-hybridized carbons (Fsp3) is 0.462. The summed E-state index contributed by atoms with van der Waals surface area (Å²) in [5.41, 5.74) is 0. The largest absolute Gasteiger partial charge is 0.497 e. The lowest BCUT2D eigenvalue weighted by Crippen LogP contribution is -2.33. The van der Waals surface area contributed by atoms with E-state index in [0.29, 0.717) is 12.5 Å². The standard InChI is InChI=1S/C13H16O4/c1-16-11-3-2-4-12(7-11)17-8-9-5-10(6-9)13(14)15/h2-4,7,9-10H,5-6,8H2,1H3,(H,14,15). The maximum absolute atomic E-state index is 10.6. The van der Waals surface area contributed by atoms with Gasteiger partial charge in [-0.2, -0.15) is 0 Å². The van der Waals surface area contributed by atoms with Crippen LogP contribution in [0.15, 0.2) is 24.3 Å². The van der Waals surface area contributed by atoms with E-state index in [2.05, 4.69) is 0 Å². The normalized spacial score (nSPS) is 22.6. The van der Waals surface area contributed by atoms with Crippen molar-refractivity contribution in [2.75, 3.05) is 13.7 Å². The summed E-state index contributed by atoms with van der Waals surface area (Å²) >= 11 is 0. The lowest BCUT2D eigenvalue weighted by Gasteiger charge is -2.31. The van der Waals surface area contributed by atoms with E-state index in [1.165, 1.54) is 0 Å². The number of benzene rings is 1. The Morgan fingerprint density at radius 3 is 2.76 bits per heavy atom. The molecule has 1 N–H and O–H groups in total. The molecule has 0 amide bonds. The van der Waals surface area contributed by atoms with Crippen molar-refractivity contribution in [3.63, 3.8) is 0 Å². The first kappa shape index (κ1) is 11.8. The van der Waals surface area contributed by atoms with Gasteiger partial charge >= 0.3 is 5.97 Å². The van der Waals surface area contributed by atoms with Gasteiger partial charge in [-0.3, -0.25) is 4.79 Å². The second-order valence-corrected chi connectivity index (χ2v) is 4.36. The Labute approximate surface area is 100 Å². The first-order valence-electron chi connectivity index (χ1n) is 5.68.